The fraction of sp³-hybridized carbons (Fsp3) is 0.333. The van der Waals surface area contributed by atoms with Gasteiger partial charge in [-0.2, -0.15) is 0 Å². The predicted octanol–water partition coefficient (Wildman–Crippen LogP) is 0.946. The van der Waals surface area contributed by atoms with Crippen LogP contribution in [0.15, 0.2) is 23.1 Å². The third kappa shape index (κ3) is 4.62. The Kier molecular flexibility index (Phi) is 4.95. The largest absolute Gasteiger partial charge is 0.496 e. The number of nitrogens with zero attached hydrogens (tertiary/aromatic N) is 1. The second-order valence-electron chi connectivity index (χ2n) is 3.69. The minimum Gasteiger partial charge on any atom is -0.496 e. The molecule has 0 aromatic heterocycles. The number of non-ortho nitro benzene ring substituents is 1. The Labute approximate surface area is 119 Å². The van der Waals surface area contributed by atoms with E-state index in [1.807, 2.05) is 0 Å². The summed E-state index contributed by atoms with van der Waals surface area (Å²) in [5.74, 6) is -1.59. The van der Waals surface area contributed by atoms with Gasteiger partial charge in [0.05, 0.1) is 34.5 Å². The van der Waals surface area contributed by atoms with Crippen molar-refractivity contribution < 1.29 is 26.5 Å². The maximum atomic E-state index is 11.9. The van der Waals surface area contributed by atoms with Gasteiger partial charge in [0.2, 0.25) is 9.05 Å². The second-order valence-corrected chi connectivity index (χ2v) is 8.69. The molecule has 0 bridgehead atoms. The minimum atomic E-state index is -4.03. The molecule has 0 aliphatic heterocycles. The Morgan fingerprint density at radius 2 is 1.80 bits per heavy atom. The first-order valence-electron chi connectivity index (χ1n) is 5.04. The number of nitro groups is 1. The molecule has 1 rings (SSSR count). The molecule has 0 atom stereocenters. The fourth-order valence-electron chi connectivity index (χ4n) is 1.29. The number of methoxy groups -OCH3 is 1. The molecule has 0 aliphatic carbocycles. The lowest BCUT2D eigenvalue weighted by molar-refractivity contribution is -0.385. The van der Waals surface area contributed by atoms with Crippen molar-refractivity contribution in [2.24, 2.45) is 0 Å². The Balaban J connectivity index is 3.24. The van der Waals surface area contributed by atoms with Crippen molar-refractivity contribution in [1.29, 1.82) is 0 Å². The van der Waals surface area contributed by atoms with E-state index in [-0.39, 0.29) is 5.75 Å². The van der Waals surface area contributed by atoms with Gasteiger partial charge in [0, 0.05) is 16.7 Å². The van der Waals surface area contributed by atoms with Crippen molar-refractivity contribution in [3.05, 3.63) is 28.3 Å². The highest BCUT2D eigenvalue weighted by Crippen LogP contribution is 2.26. The SMILES string of the molecule is COc1cc([N+](=O)[O-])cc(S(=O)(=O)CCS(=O)(=O)Cl)c1. The summed E-state index contributed by atoms with van der Waals surface area (Å²) in [5, 5.41) is 10.7. The summed E-state index contributed by atoms with van der Waals surface area (Å²) in [6, 6.07) is 2.96. The van der Waals surface area contributed by atoms with Gasteiger partial charge in [-0.05, 0) is 6.07 Å². The Morgan fingerprint density at radius 1 is 1.20 bits per heavy atom. The number of hydrogen-bond acceptors (Lipinski definition) is 7. The second kappa shape index (κ2) is 5.94. The highest BCUT2D eigenvalue weighted by Gasteiger charge is 2.22. The van der Waals surface area contributed by atoms with Gasteiger partial charge >= 0.3 is 0 Å². The molecule has 1 aromatic rings. The third-order valence-electron chi connectivity index (χ3n) is 2.27. The van der Waals surface area contributed by atoms with Crippen molar-refractivity contribution in [3.8, 4) is 5.75 Å². The molecule has 112 valence electrons. The van der Waals surface area contributed by atoms with Crippen LogP contribution in [0, 0.1) is 10.1 Å². The van der Waals surface area contributed by atoms with E-state index in [1.165, 1.54) is 7.11 Å². The molecule has 0 N–H and O–H groups in total. The van der Waals surface area contributed by atoms with Crippen LogP contribution < -0.4 is 4.74 Å². The van der Waals surface area contributed by atoms with Crippen molar-refractivity contribution in [2.75, 3.05) is 18.6 Å². The quantitative estimate of drug-likeness (QED) is 0.428. The molecule has 0 heterocycles. The monoisotopic (exact) mass is 343 g/mol. The van der Waals surface area contributed by atoms with Crippen molar-refractivity contribution in [2.45, 2.75) is 4.90 Å². The first-order valence-corrected chi connectivity index (χ1v) is 9.17. The summed E-state index contributed by atoms with van der Waals surface area (Å²) < 4.78 is 50.2. The highest BCUT2D eigenvalue weighted by molar-refractivity contribution is 8.14. The Morgan fingerprint density at radius 3 is 2.25 bits per heavy atom. The molecule has 0 saturated carbocycles. The van der Waals surface area contributed by atoms with E-state index in [1.54, 1.807) is 0 Å². The summed E-state index contributed by atoms with van der Waals surface area (Å²) in [6.45, 7) is 0. The van der Waals surface area contributed by atoms with E-state index in [4.69, 9.17) is 15.4 Å². The molecule has 8 nitrogen and oxygen atoms in total. The maximum Gasteiger partial charge on any atom is 0.274 e. The van der Waals surface area contributed by atoms with E-state index in [0.29, 0.717) is 0 Å². The average molecular weight is 344 g/mol. The van der Waals surface area contributed by atoms with Gasteiger partial charge < -0.3 is 4.74 Å². The van der Waals surface area contributed by atoms with Gasteiger partial charge in [0.25, 0.3) is 5.69 Å². The first-order chi connectivity index (χ1) is 9.05. The van der Waals surface area contributed by atoms with Gasteiger partial charge in [0.15, 0.2) is 9.84 Å². The summed E-state index contributed by atoms with van der Waals surface area (Å²) in [7, 11) is -1.85. The molecule has 0 saturated heterocycles. The zero-order chi connectivity index (χ0) is 15.6. The molecule has 0 aliphatic rings. The van der Waals surface area contributed by atoms with E-state index in [9.17, 15) is 26.9 Å². The van der Waals surface area contributed by atoms with Crippen molar-refractivity contribution >= 4 is 35.3 Å². The molecule has 0 amide bonds. The number of ether oxygens (including phenoxy) is 1. The van der Waals surface area contributed by atoms with Crippen LogP contribution in [0.25, 0.3) is 0 Å². The number of halogens is 1. The number of benzene rings is 1. The lowest BCUT2D eigenvalue weighted by Gasteiger charge is -2.06. The van der Waals surface area contributed by atoms with Crippen LogP contribution in [0.5, 0.6) is 5.75 Å². The Hall–Kier alpha value is -1.39. The first kappa shape index (κ1) is 16.7. The van der Waals surface area contributed by atoms with Crippen LogP contribution in [0.4, 0.5) is 5.69 Å². The number of sulfone groups is 1. The zero-order valence-electron chi connectivity index (χ0n) is 10.1. The zero-order valence-corrected chi connectivity index (χ0v) is 12.5. The van der Waals surface area contributed by atoms with E-state index in [2.05, 4.69) is 0 Å². The molecular weight excluding hydrogens is 334 g/mol. The van der Waals surface area contributed by atoms with Crippen molar-refractivity contribution in [1.82, 2.24) is 0 Å². The molecule has 20 heavy (non-hydrogen) atoms. The standard InChI is InChI=1S/C9H10ClNO7S2/c1-18-8-4-7(11(12)13)5-9(6-8)19(14,15)2-3-20(10,16)17/h4-6H,2-3H2,1H3. The topological polar surface area (TPSA) is 121 Å². The maximum absolute atomic E-state index is 11.9. The van der Waals surface area contributed by atoms with Gasteiger partial charge in [0.1, 0.15) is 5.75 Å². The summed E-state index contributed by atoms with van der Waals surface area (Å²) in [6.07, 6.45) is 0. The summed E-state index contributed by atoms with van der Waals surface area (Å²) >= 11 is 0. The molecule has 0 radical (unpaired) electrons. The smallest absolute Gasteiger partial charge is 0.274 e. The number of nitro benzene ring substituents is 1. The van der Waals surface area contributed by atoms with E-state index in [0.717, 1.165) is 18.2 Å². The third-order valence-corrected chi connectivity index (χ3v) is 5.37. The van der Waals surface area contributed by atoms with Crippen LogP contribution in [0.3, 0.4) is 0 Å². The van der Waals surface area contributed by atoms with Crippen molar-refractivity contribution in [3.63, 3.8) is 0 Å². The molecule has 0 fully saturated rings. The highest BCUT2D eigenvalue weighted by atomic mass is 35.7. The van der Waals surface area contributed by atoms with Gasteiger partial charge in [-0.15, -0.1) is 0 Å². The van der Waals surface area contributed by atoms with Gasteiger partial charge in [-0.25, -0.2) is 16.8 Å². The predicted molar refractivity (Wildman–Crippen MR) is 71.3 cm³/mol. The number of rotatable bonds is 6. The van der Waals surface area contributed by atoms with Gasteiger partial charge in [-0.3, -0.25) is 10.1 Å². The summed E-state index contributed by atoms with van der Waals surface area (Å²) in [4.78, 5) is 9.53. The molecule has 1 aromatic carbocycles. The van der Waals surface area contributed by atoms with E-state index < -0.39 is 45.9 Å². The van der Waals surface area contributed by atoms with Crippen LogP contribution >= 0.6 is 10.7 Å². The molecule has 11 heteroatoms. The fourth-order valence-corrected chi connectivity index (χ4v) is 4.36. The lowest BCUT2D eigenvalue weighted by Crippen LogP contribution is -2.14. The number of hydrogen-bond donors (Lipinski definition) is 0. The van der Waals surface area contributed by atoms with Crippen LogP contribution in [-0.4, -0.2) is 40.4 Å². The summed E-state index contributed by atoms with van der Waals surface area (Å²) in [5.41, 5.74) is -0.475. The molecular formula is C9H10ClNO7S2. The lowest BCUT2D eigenvalue weighted by atomic mass is 10.3. The average Bonchev–Trinajstić information content (AvgIpc) is 2.35. The molecule has 0 spiro atoms. The molecule has 0 unspecified atom stereocenters. The minimum absolute atomic E-state index is 0.0218. The van der Waals surface area contributed by atoms with E-state index >= 15 is 0 Å². The Bertz CT molecular complexity index is 727. The normalized spacial score (nSPS) is 12.1. The van der Waals surface area contributed by atoms with Crippen LogP contribution in [-0.2, 0) is 18.9 Å². The van der Waals surface area contributed by atoms with Crippen LogP contribution in [0.1, 0.15) is 0 Å². The van der Waals surface area contributed by atoms with Crippen LogP contribution in [0.2, 0.25) is 0 Å². The van der Waals surface area contributed by atoms with Gasteiger partial charge in [-0.1, -0.05) is 0 Å².